The molecule has 2 heterocycles. The van der Waals surface area contributed by atoms with E-state index in [-0.39, 0.29) is 0 Å². The van der Waals surface area contributed by atoms with Crippen LogP contribution >= 0.6 is 11.8 Å². The minimum atomic E-state index is -3.25. The summed E-state index contributed by atoms with van der Waals surface area (Å²) in [6.07, 6.45) is 2.11. The van der Waals surface area contributed by atoms with Crippen LogP contribution < -0.4 is 5.32 Å². The smallest absolute Gasteiger partial charge is 0.282 e. The van der Waals surface area contributed by atoms with Gasteiger partial charge in [0.25, 0.3) is 10.2 Å². The Bertz CT molecular complexity index is 402. The number of rotatable bonds is 5. The molecule has 0 bridgehead atoms. The van der Waals surface area contributed by atoms with Crippen molar-refractivity contribution in [2.24, 2.45) is 5.92 Å². The first-order valence-electron chi connectivity index (χ1n) is 7.61. The second-order valence-corrected chi connectivity index (χ2v) is 9.20. The van der Waals surface area contributed by atoms with Crippen LogP contribution in [0.5, 0.6) is 0 Å². The van der Waals surface area contributed by atoms with Crippen molar-refractivity contribution in [2.45, 2.75) is 31.9 Å². The van der Waals surface area contributed by atoms with Crippen LogP contribution in [0.3, 0.4) is 0 Å². The van der Waals surface area contributed by atoms with E-state index in [1.165, 1.54) is 0 Å². The van der Waals surface area contributed by atoms with Crippen molar-refractivity contribution >= 4 is 22.0 Å². The molecular formula is C13H27N3O2S2. The third-order valence-corrected chi connectivity index (χ3v) is 7.13. The maximum atomic E-state index is 12.7. The van der Waals surface area contributed by atoms with Gasteiger partial charge in [0.05, 0.1) is 0 Å². The highest BCUT2D eigenvalue weighted by atomic mass is 32.2. The number of nitrogens with zero attached hydrogens (tertiary/aromatic N) is 2. The van der Waals surface area contributed by atoms with Crippen LogP contribution in [0.15, 0.2) is 0 Å². The molecule has 7 heteroatoms. The molecule has 2 aliphatic rings. The van der Waals surface area contributed by atoms with Gasteiger partial charge >= 0.3 is 0 Å². The van der Waals surface area contributed by atoms with E-state index in [2.05, 4.69) is 19.2 Å². The lowest BCUT2D eigenvalue weighted by molar-refractivity contribution is 0.243. The number of hydrogen-bond donors (Lipinski definition) is 1. The third-order valence-electron chi connectivity index (χ3n) is 4.02. The molecular weight excluding hydrogens is 294 g/mol. The maximum Gasteiger partial charge on any atom is 0.282 e. The summed E-state index contributed by atoms with van der Waals surface area (Å²) in [7, 11) is -3.25. The summed E-state index contributed by atoms with van der Waals surface area (Å²) < 4.78 is 28.8. The van der Waals surface area contributed by atoms with Gasteiger partial charge in [0.1, 0.15) is 0 Å². The predicted octanol–water partition coefficient (Wildman–Crippen LogP) is 0.990. The van der Waals surface area contributed by atoms with Gasteiger partial charge in [0.2, 0.25) is 0 Å². The van der Waals surface area contributed by atoms with Crippen molar-refractivity contribution < 1.29 is 8.42 Å². The van der Waals surface area contributed by atoms with Gasteiger partial charge in [0, 0.05) is 37.2 Å². The van der Waals surface area contributed by atoms with Gasteiger partial charge in [-0.25, -0.2) is 0 Å². The van der Waals surface area contributed by atoms with Gasteiger partial charge in [-0.3, -0.25) is 0 Å². The van der Waals surface area contributed by atoms with Crippen molar-refractivity contribution in [1.29, 1.82) is 0 Å². The first-order valence-corrected chi connectivity index (χ1v) is 10.1. The molecule has 2 saturated heterocycles. The Labute approximate surface area is 127 Å². The van der Waals surface area contributed by atoms with E-state index in [4.69, 9.17) is 0 Å². The average molecular weight is 322 g/mol. The lowest BCUT2D eigenvalue weighted by atomic mass is 10.00. The molecule has 0 aromatic heterocycles. The Morgan fingerprint density at radius 2 is 2.00 bits per heavy atom. The molecule has 0 saturated carbocycles. The number of piperidine rings is 1. The summed E-state index contributed by atoms with van der Waals surface area (Å²) in [4.78, 5) is 0. The monoisotopic (exact) mass is 321 g/mol. The van der Waals surface area contributed by atoms with Crippen LogP contribution in [-0.4, -0.2) is 67.3 Å². The van der Waals surface area contributed by atoms with E-state index in [1.807, 2.05) is 11.8 Å². The van der Waals surface area contributed by atoms with Gasteiger partial charge in [-0.15, -0.1) is 0 Å². The molecule has 0 aliphatic carbocycles. The topological polar surface area (TPSA) is 52.7 Å². The van der Waals surface area contributed by atoms with Crippen LogP contribution in [-0.2, 0) is 10.2 Å². The van der Waals surface area contributed by atoms with Gasteiger partial charge in [-0.05, 0) is 31.8 Å². The minimum Gasteiger partial charge on any atom is -0.317 e. The zero-order chi connectivity index (χ0) is 14.6. The van der Waals surface area contributed by atoms with Gasteiger partial charge in [-0.2, -0.15) is 28.8 Å². The normalized spacial score (nSPS) is 30.5. The van der Waals surface area contributed by atoms with Crippen molar-refractivity contribution in [2.75, 3.05) is 45.0 Å². The van der Waals surface area contributed by atoms with E-state index in [0.29, 0.717) is 37.3 Å². The lowest BCUT2D eigenvalue weighted by Gasteiger charge is -2.38. The Morgan fingerprint density at radius 3 is 2.70 bits per heavy atom. The number of thioether (sulfide) groups is 1. The summed E-state index contributed by atoms with van der Waals surface area (Å²) in [5.74, 6) is 1.37. The van der Waals surface area contributed by atoms with Crippen LogP contribution in [0.25, 0.3) is 0 Å². The first kappa shape index (κ1) is 16.5. The van der Waals surface area contributed by atoms with E-state index >= 15 is 0 Å². The zero-order valence-corrected chi connectivity index (χ0v) is 14.2. The molecule has 0 amide bonds. The molecule has 0 aromatic rings. The third kappa shape index (κ3) is 4.10. The molecule has 0 aromatic carbocycles. The second-order valence-electron chi connectivity index (χ2n) is 5.72. The van der Waals surface area contributed by atoms with Gasteiger partial charge in [-0.1, -0.05) is 13.8 Å². The average Bonchev–Trinajstić information content (AvgIpc) is 2.45. The first-order chi connectivity index (χ1) is 9.54. The highest BCUT2D eigenvalue weighted by molar-refractivity contribution is 8.00. The quantitative estimate of drug-likeness (QED) is 0.820. The number of hydrogen-bond acceptors (Lipinski definition) is 4. The molecule has 0 radical (unpaired) electrons. The highest BCUT2D eigenvalue weighted by Crippen LogP contribution is 2.25. The summed E-state index contributed by atoms with van der Waals surface area (Å²) >= 11 is 1.86. The SMILES string of the molecule is CCNCC1CCCN(S(=O)(=O)N2CCSC(C)C2)C1. The predicted molar refractivity (Wildman–Crippen MR) is 85.3 cm³/mol. The van der Waals surface area contributed by atoms with Gasteiger partial charge < -0.3 is 5.32 Å². The van der Waals surface area contributed by atoms with Crippen LogP contribution in [0, 0.1) is 5.92 Å². The largest absolute Gasteiger partial charge is 0.317 e. The summed E-state index contributed by atoms with van der Waals surface area (Å²) in [6.45, 7) is 8.74. The molecule has 0 spiro atoms. The Kier molecular flexibility index (Phi) is 6.16. The van der Waals surface area contributed by atoms with Crippen molar-refractivity contribution in [3.8, 4) is 0 Å². The second kappa shape index (κ2) is 7.45. The van der Waals surface area contributed by atoms with Crippen LogP contribution in [0.1, 0.15) is 26.7 Å². The van der Waals surface area contributed by atoms with Crippen molar-refractivity contribution in [3.63, 3.8) is 0 Å². The van der Waals surface area contributed by atoms with E-state index < -0.39 is 10.2 Å². The van der Waals surface area contributed by atoms with Gasteiger partial charge in [0.15, 0.2) is 0 Å². The molecule has 2 aliphatic heterocycles. The summed E-state index contributed by atoms with van der Waals surface area (Å²) in [5, 5.41) is 3.74. The van der Waals surface area contributed by atoms with E-state index in [0.717, 1.165) is 31.7 Å². The van der Waals surface area contributed by atoms with Crippen molar-refractivity contribution in [1.82, 2.24) is 13.9 Å². The Morgan fingerprint density at radius 1 is 1.25 bits per heavy atom. The molecule has 2 rings (SSSR count). The highest BCUT2D eigenvalue weighted by Gasteiger charge is 2.35. The fourth-order valence-electron chi connectivity index (χ4n) is 2.91. The van der Waals surface area contributed by atoms with Crippen molar-refractivity contribution in [3.05, 3.63) is 0 Å². The zero-order valence-electron chi connectivity index (χ0n) is 12.5. The number of nitrogens with one attached hydrogen (secondary N) is 1. The molecule has 2 fully saturated rings. The maximum absolute atomic E-state index is 12.7. The molecule has 2 atom stereocenters. The van der Waals surface area contributed by atoms with E-state index in [1.54, 1.807) is 8.61 Å². The van der Waals surface area contributed by atoms with E-state index in [9.17, 15) is 8.42 Å². The fourth-order valence-corrected chi connectivity index (χ4v) is 5.95. The molecule has 1 N–H and O–H groups in total. The lowest BCUT2D eigenvalue weighted by Crippen LogP contribution is -2.52. The van der Waals surface area contributed by atoms with Crippen LogP contribution in [0.2, 0.25) is 0 Å². The standard InChI is InChI=1S/C13H27N3O2S2/c1-3-14-9-13-5-4-6-15(11-13)20(17,18)16-7-8-19-12(2)10-16/h12-14H,3-11H2,1-2H3. The Hall–Kier alpha value is 0.180. The summed E-state index contributed by atoms with van der Waals surface area (Å²) in [5.41, 5.74) is 0. The van der Waals surface area contributed by atoms with Crippen LogP contribution in [0.4, 0.5) is 0 Å². The molecule has 5 nitrogen and oxygen atoms in total. The molecule has 118 valence electrons. The summed E-state index contributed by atoms with van der Waals surface area (Å²) in [6, 6.07) is 0. The minimum absolute atomic E-state index is 0.404. The Balaban J connectivity index is 1.97. The molecule has 2 unspecified atom stereocenters. The fraction of sp³-hybridized carbons (Fsp3) is 1.00. The molecule has 20 heavy (non-hydrogen) atoms.